The number of hydrogen-bond acceptors (Lipinski definition) is 3. The fraction of sp³-hybridized carbons (Fsp3) is 0.190. The van der Waals surface area contributed by atoms with Gasteiger partial charge in [0.05, 0.1) is 6.61 Å². The highest BCUT2D eigenvalue weighted by Crippen LogP contribution is 2.24. The van der Waals surface area contributed by atoms with E-state index in [-0.39, 0.29) is 0 Å². The molecule has 3 nitrogen and oxygen atoms in total. The van der Waals surface area contributed by atoms with Crippen LogP contribution in [-0.4, -0.2) is 17.5 Å². The van der Waals surface area contributed by atoms with E-state index in [1.807, 2.05) is 66.7 Å². The molecule has 0 saturated carbocycles. The molecule has 1 heterocycles. The van der Waals surface area contributed by atoms with E-state index in [1.165, 1.54) is 5.56 Å². The Balaban J connectivity index is 0.000000316. The van der Waals surface area contributed by atoms with E-state index in [1.54, 1.807) is 12.4 Å². The number of pyridine rings is 1. The zero-order chi connectivity index (χ0) is 17.7. The number of halogens is 1. The summed E-state index contributed by atoms with van der Waals surface area (Å²) in [7, 11) is 0. The van der Waals surface area contributed by atoms with Gasteiger partial charge in [-0.25, -0.2) is 0 Å². The van der Waals surface area contributed by atoms with E-state index in [4.69, 9.17) is 21.1 Å². The molecule has 4 heteroatoms. The lowest BCUT2D eigenvalue weighted by Gasteiger charge is -2.08. The second-order valence-corrected chi connectivity index (χ2v) is 5.68. The Morgan fingerprint density at radius 2 is 1.36 bits per heavy atom. The van der Waals surface area contributed by atoms with Crippen LogP contribution in [0.4, 0.5) is 0 Å². The van der Waals surface area contributed by atoms with E-state index in [0.29, 0.717) is 12.5 Å². The van der Waals surface area contributed by atoms with Crippen LogP contribution in [-0.2, 0) is 0 Å². The molecule has 0 aliphatic carbocycles. The molecule has 0 amide bonds. The summed E-state index contributed by atoms with van der Waals surface area (Å²) in [5.41, 5.74) is 1.22. The first-order valence-electron chi connectivity index (χ1n) is 8.16. The number of aryl methyl sites for hydroxylation is 1. The van der Waals surface area contributed by atoms with Crippen molar-refractivity contribution in [1.29, 1.82) is 0 Å². The molecule has 0 spiro atoms. The van der Waals surface area contributed by atoms with Crippen LogP contribution in [0.15, 0.2) is 79.1 Å². The molecule has 0 saturated heterocycles. The standard InChI is InChI=1S/C16H17ClO2.C5H5N/c1-13-3-5-15(6-4-13)19-16-9-7-14(8-10-16)18-12-2-11-17;1-2-4-6-5-3-1/h3-10H,2,11-12H2,1H3;1-5H. The van der Waals surface area contributed by atoms with Crippen molar-refractivity contribution in [3.8, 4) is 17.2 Å². The Labute approximate surface area is 154 Å². The van der Waals surface area contributed by atoms with Gasteiger partial charge < -0.3 is 9.47 Å². The molecular weight excluding hydrogens is 334 g/mol. The van der Waals surface area contributed by atoms with Crippen molar-refractivity contribution in [1.82, 2.24) is 4.98 Å². The Kier molecular flexibility index (Phi) is 8.36. The van der Waals surface area contributed by atoms with Crippen molar-refractivity contribution in [2.24, 2.45) is 0 Å². The SMILES string of the molecule is Cc1ccc(Oc2ccc(OCCCCl)cc2)cc1.c1ccncc1. The first-order valence-corrected chi connectivity index (χ1v) is 8.70. The lowest BCUT2D eigenvalue weighted by molar-refractivity contribution is 0.318. The smallest absolute Gasteiger partial charge is 0.127 e. The van der Waals surface area contributed by atoms with Crippen LogP contribution in [0.5, 0.6) is 17.2 Å². The average Bonchev–Trinajstić information content (AvgIpc) is 2.67. The number of nitrogens with zero attached hydrogens (tertiary/aromatic N) is 1. The Morgan fingerprint density at radius 1 is 0.800 bits per heavy atom. The highest BCUT2D eigenvalue weighted by molar-refractivity contribution is 6.17. The third-order valence-corrected chi connectivity index (χ3v) is 3.46. The van der Waals surface area contributed by atoms with E-state index < -0.39 is 0 Å². The maximum absolute atomic E-state index is 5.74. The van der Waals surface area contributed by atoms with Gasteiger partial charge >= 0.3 is 0 Å². The number of benzene rings is 2. The summed E-state index contributed by atoms with van der Waals surface area (Å²) >= 11 is 5.59. The van der Waals surface area contributed by atoms with Gasteiger partial charge in [0.15, 0.2) is 0 Å². The molecular formula is C21H22ClNO2. The van der Waals surface area contributed by atoms with E-state index >= 15 is 0 Å². The first kappa shape index (κ1) is 18.8. The van der Waals surface area contributed by atoms with Crippen molar-refractivity contribution in [3.05, 3.63) is 84.7 Å². The van der Waals surface area contributed by atoms with E-state index in [0.717, 1.165) is 23.7 Å². The zero-order valence-corrected chi connectivity index (χ0v) is 15.0. The third kappa shape index (κ3) is 7.73. The van der Waals surface area contributed by atoms with Gasteiger partial charge in [0.25, 0.3) is 0 Å². The second kappa shape index (κ2) is 11.1. The molecule has 0 aliphatic rings. The molecule has 0 aliphatic heterocycles. The van der Waals surface area contributed by atoms with Crippen LogP contribution >= 0.6 is 11.6 Å². The van der Waals surface area contributed by atoms with Crippen molar-refractivity contribution < 1.29 is 9.47 Å². The van der Waals surface area contributed by atoms with E-state index in [9.17, 15) is 0 Å². The van der Waals surface area contributed by atoms with Crippen molar-refractivity contribution >= 4 is 11.6 Å². The minimum atomic E-state index is 0.620. The number of aromatic nitrogens is 1. The summed E-state index contributed by atoms with van der Waals surface area (Å²) in [5.74, 6) is 3.09. The predicted molar refractivity (Wildman–Crippen MR) is 103 cm³/mol. The number of rotatable bonds is 6. The minimum absolute atomic E-state index is 0.620. The van der Waals surface area contributed by atoms with Gasteiger partial charge in [0.1, 0.15) is 17.2 Å². The molecule has 1 aromatic heterocycles. The Hall–Kier alpha value is -2.52. The summed E-state index contributed by atoms with van der Waals surface area (Å²) in [6.07, 6.45) is 4.35. The molecule has 3 rings (SSSR count). The van der Waals surface area contributed by atoms with Gasteiger partial charge in [-0.15, -0.1) is 11.6 Å². The third-order valence-electron chi connectivity index (χ3n) is 3.19. The number of alkyl halides is 1. The van der Waals surface area contributed by atoms with Crippen LogP contribution in [0, 0.1) is 6.92 Å². The number of ether oxygens (including phenoxy) is 2. The van der Waals surface area contributed by atoms with Gasteiger partial charge in [0.2, 0.25) is 0 Å². The second-order valence-electron chi connectivity index (χ2n) is 5.30. The van der Waals surface area contributed by atoms with Crippen molar-refractivity contribution in [3.63, 3.8) is 0 Å². The Bertz CT molecular complexity index is 674. The van der Waals surface area contributed by atoms with Crippen LogP contribution in [0.1, 0.15) is 12.0 Å². The number of hydrogen-bond donors (Lipinski definition) is 0. The largest absolute Gasteiger partial charge is 0.494 e. The van der Waals surface area contributed by atoms with Crippen LogP contribution in [0.2, 0.25) is 0 Å². The molecule has 0 radical (unpaired) electrons. The summed E-state index contributed by atoms with van der Waals surface area (Å²) < 4.78 is 11.3. The molecule has 0 bridgehead atoms. The molecule has 0 N–H and O–H groups in total. The molecule has 130 valence electrons. The topological polar surface area (TPSA) is 31.4 Å². The summed E-state index contributed by atoms with van der Waals surface area (Å²) in [4.78, 5) is 3.78. The normalized spacial score (nSPS) is 9.68. The minimum Gasteiger partial charge on any atom is -0.494 e. The van der Waals surface area contributed by atoms with Gasteiger partial charge in [-0.3, -0.25) is 4.98 Å². The molecule has 25 heavy (non-hydrogen) atoms. The zero-order valence-electron chi connectivity index (χ0n) is 14.3. The lowest BCUT2D eigenvalue weighted by Crippen LogP contribution is -1.97. The fourth-order valence-corrected chi connectivity index (χ4v) is 2.01. The van der Waals surface area contributed by atoms with Crippen LogP contribution in [0.25, 0.3) is 0 Å². The first-order chi connectivity index (χ1) is 12.3. The van der Waals surface area contributed by atoms with Crippen LogP contribution < -0.4 is 9.47 Å². The van der Waals surface area contributed by atoms with E-state index in [2.05, 4.69) is 11.9 Å². The summed E-state index contributed by atoms with van der Waals surface area (Å²) in [6, 6.07) is 21.3. The Morgan fingerprint density at radius 3 is 1.84 bits per heavy atom. The van der Waals surface area contributed by atoms with Gasteiger partial charge in [-0.1, -0.05) is 23.8 Å². The van der Waals surface area contributed by atoms with Crippen LogP contribution in [0.3, 0.4) is 0 Å². The van der Waals surface area contributed by atoms with Crippen molar-refractivity contribution in [2.75, 3.05) is 12.5 Å². The lowest BCUT2D eigenvalue weighted by atomic mass is 10.2. The van der Waals surface area contributed by atoms with Gasteiger partial charge in [-0.2, -0.15) is 0 Å². The monoisotopic (exact) mass is 355 g/mol. The molecule has 0 fully saturated rings. The van der Waals surface area contributed by atoms with Gasteiger partial charge in [0, 0.05) is 18.3 Å². The maximum atomic E-state index is 5.74. The summed E-state index contributed by atoms with van der Waals surface area (Å²) in [5, 5.41) is 0. The molecule has 3 aromatic rings. The summed E-state index contributed by atoms with van der Waals surface area (Å²) in [6.45, 7) is 2.69. The van der Waals surface area contributed by atoms with Crippen molar-refractivity contribution in [2.45, 2.75) is 13.3 Å². The maximum Gasteiger partial charge on any atom is 0.127 e. The molecule has 0 atom stereocenters. The predicted octanol–water partition coefficient (Wildman–Crippen LogP) is 5.88. The fourth-order valence-electron chi connectivity index (χ4n) is 1.90. The molecule has 0 unspecified atom stereocenters. The van der Waals surface area contributed by atoms with Gasteiger partial charge in [-0.05, 0) is 61.9 Å². The highest BCUT2D eigenvalue weighted by atomic mass is 35.5. The quantitative estimate of drug-likeness (QED) is 0.409. The molecule has 2 aromatic carbocycles. The highest BCUT2D eigenvalue weighted by Gasteiger charge is 1.98. The average molecular weight is 356 g/mol.